The summed E-state index contributed by atoms with van der Waals surface area (Å²) >= 11 is 5.69. The van der Waals surface area contributed by atoms with Gasteiger partial charge in [-0.25, -0.2) is 13.8 Å². The van der Waals surface area contributed by atoms with Gasteiger partial charge in [0, 0.05) is 31.2 Å². The van der Waals surface area contributed by atoms with Crippen molar-refractivity contribution in [3.8, 4) is 0 Å². The molecule has 36 heavy (non-hydrogen) atoms. The molecule has 1 atom stereocenters. The van der Waals surface area contributed by atoms with Gasteiger partial charge in [-0.3, -0.25) is 14.7 Å². The third-order valence-electron chi connectivity index (χ3n) is 6.48. The van der Waals surface area contributed by atoms with Crippen molar-refractivity contribution in [2.24, 2.45) is 0 Å². The summed E-state index contributed by atoms with van der Waals surface area (Å²) in [6.07, 6.45) is 6.04. The van der Waals surface area contributed by atoms with Gasteiger partial charge in [0.1, 0.15) is 0 Å². The van der Waals surface area contributed by atoms with Crippen LogP contribution in [0.1, 0.15) is 60.0 Å². The number of nitrogens with zero attached hydrogens (tertiary/aromatic N) is 3. The summed E-state index contributed by atoms with van der Waals surface area (Å²) in [5, 5.41) is 2.87. The van der Waals surface area contributed by atoms with Gasteiger partial charge in [-0.15, -0.1) is 11.6 Å². The lowest BCUT2D eigenvalue weighted by Gasteiger charge is -2.32. The van der Waals surface area contributed by atoms with Crippen LogP contribution in [-0.4, -0.2) is 39.7 Å². The molecule has 0 aliphatic carbocycles. The number of halogens is 4. The molecule has 4 rings (SSSR count). The predicted molar refractivity (Wildman–Crippen MR) is 132 cm³/mol. The van der Waals surface area contributed by atoms with E-state index in [4.69, 9.17) is 11.6 Å². The minimum atomic E-state index is -0.982. The number of likely N-dealkylation sites (tertiary alicyclic amines) is 1. The van der Waals surface area contributed by atoms with E-state index in [9.17, 15) is 18.0 Å². The zero-order valence-corrected chi connectivity index (χ0v) is 20.5. The Hall–Kier alpha value is -2.97. The van der Waals surface area contributed by atoms with Gasteiger partial charge in [-0.2, -0.15) is 4.39 Å². The van der Waals surface area contributed by atoms with Crippen molar-refractivity contribution >= 4 is 17.5 Å². The van der Waals surface area contributed by atoms with E-state index in [-0.39, 0.29) is 12.3 Å². The zero-order chi connectivity index (χ0) is 25.5. The van der Waals surface area contributed by atoms with Crippen molar-refractivity contribution in [3.05, 3.63) is 94.8 Å². The molecular formula is C27H28ClF3N4O. The summed E-state index contributed by atoms with van der Waals surface area (Å²) in [6.45, 7) is 2.52. The number of piperidine rings is 1. The molecule has 0 bridgehead atoms. The molecule has 1 saturated heterocycles. The number of carbonyl (C=O) groups is 1. The fraction of sp³-hybridized carbons (Fsp3) is 0.370. The van der Waals surface area contributed by atoms with Crippen LogP contribution >= 0.6 is 11.6 Å². The van der Waals surface area contributed by atoms with Crippen LogP contribution in [0.2, 0.25) is 0 Å². The average molecular weight is 517 g/mol. The van der Waals surface area contributed by atoms with E-state index < -0.39 is 23.6 Å². The molecule has 0 spiro atoms. The molecule has 1 aliphatic rings. The molecule has 0 saturated carbocycles. The Balaban J connectivity index is 1.41. The Morgan fingerprint density at radius 3 is 2.47 bits per heavy atom. The number of amides is 1. The molecule has 1 amide bonds. The van der Waals surface area contributed by atoms with E-state index in [1.54, 1.807) is 18.5 Å². The Morgan fingerprint density at radius 1 is 1.03 bits per heavy atom. The smallest absolute Gasteiger partial charge is 0.220 e. The van der Waals surface area contributed by atoms with E-state index in [1.165, 1.54) is 12.1 Å². The number of nitrogens with one attached hydrogen (secondary N) is 1. The monoisotopic (exact) mass is 516 g/mol. The molecule has 3 heterocycles. The van der Waals surface area contributed by atoms with Crippen LogP contribution in [0.3, 0.4) is 0 Å². The van der Waals surface area contributed by atoms with Crippen molar-refractivity contribution in [2.45, 2.75) is 44.2 Å². The maximum absolute atomic E-state index is 13.9. The summed E-state index contributed by atoms with van der Waals surface area (Å²) < 4.78 is 40.5. The maximum Gasteiger partial charge on any atom is 0.220 e. The highest BCUT2D eigenvalue weighted by atomic mass is 35.5. The number of alkyl halides is 1. The van der Waals surface area contributed by atoms with Crippen LogP contribution in [0.15, 0.2) is 54.9 Å². The first-order valence-electron chi connectivity index (χ1n) is 12.0. The van der Waals surface area contributed by atoms with Gasteiger partial charge in [0.2, 0.25) is 11.9 Å². The minimum absolute atomic E-state index is 0.228. The molecule has 1 fully saturated rings. The SMILES string of the molecule is O=C(CCCCl)NC(c1ccc(F)c(F)c1)c1ccc(CN2CCC(c3ccc(F)nc3)CC2)cn1. The Morgan fingerprint density at radius 2 is 1.83 bits per heavy atom. The van der Waals surface area contributed by atoms with Gasteiger partial charge in [-0.1, -0.05) is 18.2 Å². The molecule has 0 radical (unpaired) electrons. The second-order valence-corrected chi connectivity index (χ2v) is 9.40. The molecule has 1 aromatic carbocycles. The average Bonchev–Trinajstić information content (AvgIpc) is 2.89. The Labute approximate surface area is 213 Å². The normalized spacial score (nSPS) is 15.6. The topological polar surface area (TPSA) is 58.1 Å². The van der Waals surface area contributed by atoms with Crippen LogP contribution < -0.4 is 5.32 Å². The van der Waals surface area contributed by atoms with Crippen LogP contribution in [0.4, 0.5) is 13.2 Å². The van der Waals surface area contributed by atoms with Gasteiger partial charge in [0.05, 0.1) is 11.7 Å². The molecular weight excluding hydrogens is 489 g/mol. The summed E-state index contributed by atoms with van der Waals surface area (Å²) in [5.41, 5.74) is 3.02. The largest absolute Gasteiger partial charge is 0.344 e. The first kappa shape index (κ1) is 26.1. The Kier molecular flexibility index (Phi) is 8.93. The molecule has 190 valence electrons. The lowest BCUT2D eigenvalue weighted by molar-refractivity contribution is -0.121. The molecule has 5 nitrogen and oxygen atoms in total. The highest BCUT2D eigenvalue weighted by molar-refractivity contribution is 6.17. The lowest BCUT2D eigenvalue weighted by Crippen LogP contribution is -2.32. The van der Waals surface area contributed by atoms with Gasteiger partial charge in [0.25, 0.3) is 0 Å². The second kappa shape index (κ2) is 12.3. The molecule has 1 aliphatic heterocycles. The van der Waals surface area contributed by atoms with Gasteiger partial charge >= 0.3 is 0 Å². The minimum Gasteiger partial charge on any atom is -0.344 e. The number of aromatic nitrogens is 2. The first-order valence-corrected chi connectivity index (χ1v) is 12.6. The standard InChI is InChI=1S/C27H28ClF3N4O/c28-11-1-2-26(36)34-27(20-4-6-22(29)23(30)14-20)24-7-3-18(15-32-24)17-35-12-9-19(10-13-35)21-5-8-25(31)33-16-21/h3-8,14-16,19,27H,1-2,9-13,17H2,(H,34,36). The number of benzene rings is 1. The number of pyridine rings is 2. The quantitative estimate of drug-likeness (QED) is 0.301. The lowest BCUT2D eigenvalue weighted by atomic mass is 9.90. The second-order valence-electron chi connectivity index (χ2n) is 9.02. The third kappa shape index (κ3) is 6.83. The molecule has 9 heteroatoms. The zero-order valence-electron chi connectivity index (χ0n) is 19.8. The predicted octanol–water partition coefficient (Wildman–Crippen LogP) is 5.50. The maximum atomic E-state index is 13.9. The van der Waals surface area contributed by atoms with Crippen molar-refractivity contribution in [1.82, 2.24) is 20.2 Å². The van der Waals surface area contributed by atoms with Crippen molar-refractivity contribution in [3.63, 3.8) is 0 Å². The van der Waals surface area contributed by atoms with Gasteiger partial charge in [-0.05, 0) is 79.2 Å². The number of hydrogen-bond donors (Lipinski definition) is 1. The van der Waals surface area contributed by atoms with Crippen LogP contribution in [0.25, 0.3) is 0 Å². The molecule has 1 unspecified atom stereocenters. The van der Waals surface area contributed by atoms with E-state index in [2.05, 4.69) is 20.2 Å². The van der Waals surface area contributed by atoms with Crippen LogP contribution in [0, 0.1) is 17.6 Å². The highest BCUT2D eigenvalue weighted by Gasteiger charge is 2.22. The van der Waals surface area contributed by atoms with E-state index >= 15 is 0 Å². The molecule has 1 N–H and O–H groups in total. The van der Waals surface area contributed by atoms with Crippen molar-refractivity contribution in [2.75, 3.05) is 19.0 Å². The number of hydrogen-bond acceptors (Lipinski definition) is 4. The fourth-order valence-corrected chi connectivity index (χ4v) is 4.63. The summed E-state index contributed by atoms with van der Waals surface area (Å²) in [7, 11) is 0. The van der Waals surface area contributed by atoms with E-state index in [0.717, 1.165) is 55.7 Å². The van der Waals surface area contributed by atoms with E-state index in [0.29, 0.717) is 29.5 Å². The van der Waals surface area contributed by atoms with E-state index in [1.807, 2.05) is 12.1 Å². The van der Waals surface area contributed by atoms with Crippen molar-refractivity contribution < 1.29 is 18.0 Å². The Bertz CT molecular complexity index is 1150. The number of rotatable bonds is 9. The van der Waals surface area contributed by atoms with Gasteiger partial charge < -0.3 is 5.32 Å². The first-order chi connectivity index (χ1) is 17.4. The summed E-state index contributed by atoms with van der Waals surface area (Å²) in [5.74, 6) is -1.91. The van der Waals surface area contributed by atoms with Crippen LogP contribution in [0.5, 0.6) is 0 Å². The summed E-state index contributed by atoms with van der Waals surface area (Å²) in [4.78, 5) is 23.0. The highest BCUT2D eigenvalue weighted by Crippen LogP contribution is 2.28. The fourth-order valence-electron chi connectivity index (χ4n) is 4.49. The summed E-state index contributed by atoms with van der Waals surface area (Å²) in [6, 6.07) is 9.82. The van der Waals surface area contributed by atoms with Crippen molar-refractivity contribution in [1.29, 1.82) is 0 Å². The number of carbonyl (C=O) groups excluding carboxylic acids is 1. The molecule has 2 aromatic heterocycles. The van der Waals surface area contributed by atoms with Crippen LogP contribution in [-0.2, 0) is 11.3 Å². The third-order valence-corrected chi connectivity index (χ3v) is 6.75. The van der Waals surface area contributed by atoms with Gasteiger partial charge in [0.15, 0.2) is 11.6 Å². The molecule has 3 aromatic rings.